The van der Waals surface area contributed by atoms with Crippen LogP contribution in [0.5, 0.6) is 0 Å². The van der Waals surface area contributed by atoms with Crippen LogP contribution >= 0.6 is 15.9 Å². The molecule has 0 spiro atoms. The van der Waals surface area contributed by atoms with E-state index in [9.17, 15) is 4.79 Å². The highest BCUT2D eigenvalue weighted by Crippen LogP contribution is 2.11. The fraction of sp³-hybridized carbons (Fsp3) is 0.500. The van der Waals surface area contributed by atoms with Gasteiger partial charge in [0.1, 0.15) is 0 Å². The van der Waals surface area contributed by atoms with Crippen molar-refractivity contribution in [1.29, 1.82) is 0 Å². The van der Waals surface area contributed by atoms with Crippen LogP contribution in [0.1, 0.15) is 36.2 Å². The Balaban J connectivity index is 2.67. The van der Waals surface area contributed by atoms with Crippen molar-refractivity contribution in [2.75, 3.05) is 13.6 Å². The molecule has 1 aromatic carbocycles. The maximum absolute atomic E-state index is 12.1. The predicted octanol–water partition coefficient (Wildman–Crippen LogP) is 3.70. The first-order chi connectivity index (χ1) is 8.08. The van der Waals surface area contributed by atoms with Crippen molar-refractivity contribution in [3.05, 3.63) is 35.4 Å². The van der Waals surface area contributed by atoms with Crippen LogP contribution in [0.3, 0.4) is 0 Å². The summed E-state index contributed by atoms with van der Waals surface area (Å²) < 4.78 is 0. The quantitative estimate of drug-likeness (QED) is 0.759. The molecule has 3 heteroatoms. The molecule has 0 aliphatic rings. The first kappa shape index (κ1) is 14.2. The van der Waals surface area contributed by atoms with Crippen LogP contribution in [0.25, 0.3) is 0 Å². The molecule has 0 aliphatic heterocycles. The lowest BCUT2D eigenvalue weighted by molar-refractivity contribution is 0.0775. The summed E-state index contributed by atoms with van der Waals surface area (Å²) in [6, 6.07) is 7.76. The molecular weight excluding hydrogens is 278 g/mol. The van der Waals surface area contributed by atoms with E-state index >= 15 is 0 Å². The molecule has 94 valence electrons. The second kappa shape index (κ2) is 6.80. The number of carbonyl (C=O) groups excluding carboxylic acids is 1. The van der Waals surface area contributed by atoms with Crippen molar-refractivity contribution in [2.45, 2.75) is 25.6 Å². The summed E-state index contributed by atoms with van der Waals surface area (Å²) in [5.41, 5.74) is 1.95. The van der Waals surface area contributed by atoms with Gasteiger partial charge in [0.2, 0.25) is 0 Å². The minimum Gasteiger partial charge on any atom is -0.341 e. The second-order valence-corrected chi connectivity index (χ2v) is 5.09. The molecule has 0 fully saturated rings. The number of halogens is 1. The summed E-state index contributed by atoms with van der Waals surface area (Å²) in [6.07, 6.45) is 1.10. The van der Waals surface area contributed by atoms with E-state index < -0.39 is 0 Å². The third-order valence-corrected chi connectivity index (χ3v) is 3.63. The number of hydrogen-bond acceptors (Lipinski definition) is 1. The number of nitrogens with zero attached hydrogens (tertiary/aromatic N) is 1. The van der Waals surface area contributed by atoms with Crippen molar-refractivity contribution in [2.24, 2.45) is 5.92 Å². The molecule has 2 nitrogen and oxygen atoms in total. The van der Waals surface area contributed by atoms with Crippen molar-refractivity contribution in [1.82, 2.24) is 4.90 Å². The molecule has 0 N–H and O–H groups in total. The van der Waals surface area contributed by atoms with Gasteiger partial charge in [0, 0.05) is 24.5 Å². The molecule has 0 heterocycles. The second-order valence-electron chi connectivity index (χ2n) is 4.53. The number of benzene rings is 1. The fourth-order valence-corrected chi connectivity index (χ4v) is 2.01. The van der Waals surface area contributed by atoms with Crippen LogP contribution in [0.15, 0.2) is 24.3 Å². The largest absolute Gasteiger partial charge is 0.341 e. The van der Waals surface area contributed by atoms with Gasteiger partial charge >= 0.3 is 0 Å². The monoisotopic (exact) mass is 297 g/mol. The average Bonchev–Trinajstić information content (AvgIpc) is 2.37. The molecule has 0 aromatic heterocycles. The van der Waals surface area contributed by atoms with Gasteiger partial charge in [-0.15, -0.1) is 0 Å². The van der Waals surface area contributed by atoms with E-state index in [1.54, 1.807) is 4.90 Å². The molecule has 1 amide bonds. The Labute approximate surface area is 112 Å². The van der Waals surface area contributed by atoms with Gasteiger partial charge in [0.25, 0.3) is 5.91 Å². The van der Waals surface area contributed by atoms with Gasteiger partial charge < -0.3 is 4.90 Å². The molecule has 1 atom stereocenters. The normalized spacial score (nSPS) is 12.2. The smallest absolute Gasteiger partial charge is 0.253 e. The summed E-state index contributed by atoms with van der Waals surface area (Å²) in [7, 11) is 1.87. The predicted molar refractivity (Wildman–Crippen MR) is 75.5 cm³/mol. The Kier molecular flexibility index (Phi) is 5.69. The van der Waals surface area contributed by atoms with E-state index in [-0.39, 0.29) is 5.91 Å². The molecule has 0 saturated heterocycles. The number of carbonyl (C=O) groups is 1. The Morgan fingerprint density at radius 2 is 1.94 bits per heavy atom. The lowest BCUT2D eigenvalue weighted by atomic mass is 10.1. The van der Waals surface area contributed by atoms with Crippen molar-refractivity contribution < 1.29 is 4.79 Å². The van der Waals surface area contributed by atoms with Crippen LogP contribution in [-0.4, -0.2) is 24.4 Å². The molecule has 1 aromatic rings. The van der Waals surface area contributed by atoms with E-state index in [0.717, 1.165) is 23.9 Å². The van der Waals surface area contributed by atoms with Gasteiger partial charge in [-0.05, 0) is 23.6 Å². The van der Waals surface area contributed by atoms with Crippen LogP contribution in [-0.2, 0) is 5.33 Å². The molecule has 0 radical (unpaired) electrons. The molecule has 0 saturated carbocycles. The van der Waals surface area contributed by atoms with Gasteiger partial charge in [0.15, 0.2) is 0 Å². The van der Waals surface area contributed by atoms with Gasteiger partial charge in [-0.2, -0.15) is 0 Å². The van der Waals surface area contributed by atoms with Crippen molar-refractivity contribution in [3.8, 4) is 0 Å². The highest BCUT2D eigenvalue weighted by atomic mass is 79.9. The highest BCUT2D eigenvalue weighted by molar-refractivity contribution is 9.08. The van der Waals surface area contributed by atoms with Crippen molar-refractivity contribution in [3.63, 3.8) is 0 Å². The van der Waals surface area contributed by atoms with Gasteiger partial charge in [-0.25, -0.2) is 0 Å². The third kappa shape index (κ3) is 4.15. The fourth-order valence-electron chi connectivity index (χ4n) is 1.64. The summed E-state index contributed by atoms with van der Waals surface area (Å²) >= 11 is 3.39. The Hall–Kier alpha value is -0.830. The molecule has 1 unspecified atom stereocenters. The topological polar surface area (TPSA) is 20.3 Å². The zero-order valence-electron chi connectivity index (χ0n) is 10.7. The Morgan fingerprint density at radius 3 is 2.41 bits per heavy atom. The third-order valence-electron chi connectivity index (χ3n) is 2.98. The van der Waals surface area contributed by atoms with Crippen LogP contribution < -0.4 is 0 Å². The van der Waals surface area contributed by atoms with E-state index in [1.165, 1.54) is 5.56 Å². The minimum absolute atomic E-state index is 0.103. The minimum atomic E-state index is 0.103. The average molecular weight is 298 g/mol. The lowest BCUT2D eigenvalue weighted by Gasteiger charge is -2.20. The van der Waals surface area contributed by atoms with E-state index in [1.807, 2.05) is 31.3 Å². The molecule has 0 bridgehead atoms. The van der Waals surface area contributed by atoms with Gasteiger partial charge in [-0.1, -0.05) is 48.3 Å². The standard InChI is InChI=1S/C14H20BrNO/c1-4-11(2)10-16(3)14(17)13-7-5-12(9-15)6-8-13/h5-8,11H,4,9-10H2,1-3H3. The van der Waals surface area contributed by atoms with Gasteiger partial charge in [-0.3, -0.25) is 4.79 Å². The van der Waals surface area contributed by atoms with Crippen LogP contribution in [0.2, 0.25) is 0 Å². The number of alkyl halides is 1. The van der Waals surface area contributed by atoms with Gasteiger partial charge in [0.05, 0.1) is 0 Å². The maximum atomic E-state index is 12.1. The lowest BCUT2D eigenvalue weighted by Crippen LogP contribution is -2.30. The Bertz CT molecular complexity index is 361. The summed E-state index contributed by atoms with van der Waals surface area (Å²) in [5, 5.41) is 0.824. The first-order valence-corrected chi connectivity index (χ1v) is 7.11. The van der Waals surface area contributed by atoms with E-state index in [4.69, 9.17) is 0 Å². The van der Waals surface area contributed by atoms with E-state index in [2.05, 4.69) is 29.8 Å². The Morgan fingerprint density at radius 1 is 1.35 bits per heavy atom. The molecule has 0 aliphatic carbocycles. The number of amides is 1. The molecule has 1 rings (SSSR count). The first-order valence-electron chi connectivity index (χ1n) is 5.98. The zero-order chi connectivity index (χ0) is 12.8. The van der Waals surface area contributed by atoms with Crippen LogP contribution in [0, 0.1) is 5.92 Å². The number of hydrogen-bond donors (Lipinski definition) is 0. The van der Waals surface area contributed by atoms with E-state index in [0.29, 0.717) is 5.92 Å². The maximum Gasteiger partial charge on any atom is 0.253 e. The summed E-state index contributed by atoms with van der Waals surface area (Å²) in [6.45, 7) is 5.13. The summed E-state index contributed by atoms with van der Waals surface area (Å²) in [4.78, 5) is 13.9. The summed E-state index contributed by atoms with van der Waals surface area (Å²) in [5.74, 6) is 0.650. The van der Waals surface area contributed by atoms with Crippen molar-refractivity contribution >= 4 is 21.8 Å². The zero-order valence-corrected chi connectivity index (χ0v) is 12.3. The highest BCUT2D eigenvalue weighted by Gasteiger charge is 2.13. The molecular formula is C14H20BrNO. The van der Waals surface area contributed by atoms with Crippen LogP contribution in [0.4, 0.5) is 0 Å². The number of rotatable bonds is 5. The SMILES string of the molecule is CCC(C)CN(C)C(=O)c1ccc(CBr)cc1. The molecule has 17 heavy (non-hydrogen) atoms.